The largest absolute Gasteiger partial charge is 0.467 e. The van der Waals surface area contributed by atoms with Crippen molar-refractivity contribution < 1.29 is 22.7 Å². The second kappa shape index (κ2) is 8.31. The van der Waals surface area contributed by atoms with Crippen molar-refractivity contribution in [1.29, 1.82) is 0 Å². The number of nitrogens with one attached hydrogen (secondary N) is 1. The van der Waals surface area contributed by atoms with Crippen molar-refractivity contribution in [1.82, 2.24) is 5.32 Å². The van der Waals surface area contributed by atoms with Crippen LogP contribution in [0.25, 0.3) is 0 Å². The third-order valence-electron chi connectivity index (χ3n) is 3.21. The highest BCUT2D eigenvalue weighted by Crippen LogP contribution is 2.16. The molecule has 1 unspecified atom stereocenters. The van der Waals surface area contributed by atoms with Crippen molar-refractivity contribution >= 4 is 33.3 Å². The van der Waals surface area contributed by atoms with E-state index in [4.69, 9.17) is 11.6 Å². The molecule has 0 spiro atoms. The number of hydrogen-bond acceptors (Lipinski definition) is 5. The Labute approximate surface area is 141 Å². The lowest BCUT2D eigenvalue weighted by atomic mass is 10.0. The standard InChI is InChI=1S/C15H20ClNO5S/c1-10(2)14(15(19)22-3)17-13(18)8-9-23(20,21)12-6-4-11(16)5-7-12/h4-7,10,14H,8-9H2,1-3H3,(H,17,18). The Bertz CT molecular complexity index is 655. The molecule has 128 valence electrons. The van der Waals surface area contributed by atoms with Gasteiger partial charge in [-0.2, -0.15) is 0 Å². The van der Waals surface area contributed by atoms with Crippen molar-refractivity contribution in [3.8, 4) is 0 Å². The first-order valence-electron chi connectivity index (χ1n) is 7.03. The number of rotatable bonds is 7. The lowest BCUT2D eigenvalue weighted by molar-refractivity contribution is -0.146. The van der Waals surface area contributed by atoms with Gasteiger partial charge in [-0.05, 0) is 30.2 Å². The van der Waals surface area contributed by atoms with E-state index in [9.17, 15) is 18.0 Å². The van der Waals surface area contributed by atoms with Gasteiger partial charge >= 0.3 is 5.97 Å². The van der Waals surface area contributed by atoms with Gasteiger partial charge in [0, 0.05) is 11.4 Å². The van der Waals surface area contributed by atoms with Gasteiger partial charge in [-0.1, -0.05) is 25.4 Å². The number of ether oxygens (including phenoxy) is 1. The average Bonchev–Trinajstić information content (AvgIpc) is 2.50. The van der Waals surface area contributed by atoms with Gasteiger partial charge in [0.1, 0.15) is 6.04 Å². The van der Waals surface area contributed by atoms with Crippen LogP contribution in [0.1, 0.15) is 20.3 Å². The van der Waals surface area contributed by atoms with E-state index in [2.05, 4.69) is 10.1 Å². The Balaban J connectivity index is 2.67. The molecular weight excluding hydrogens is 342 g/mol. The van der Waals surface area contributed by atoms with Crippen molar-refractivity contribution in [2.75, 3.05) is 12.9 Å². The van der Waals surface area contributed by atoms with E-state index in [0.29, 0.717) is 5.02 Å². The van der Waals surface area contributed by atoms with E-state index in [1.54, 1.807) is 13.8 Å². The summed E-state index contributed by atoms with van der Waals surface area (Å²) in [6, 6.07) is 4.92. The minimum atomic E-state index is -3.59. The molecular formula is C15H20ClNO5S. The third kappa shape index (κ3) is 5.84. The zero-order valence-corrected chi connectivity index (χ0v) is 14.8. The molecule has 0 aromatic heterocycles. The number of sulfone groups is 1. The first kappa shape index (κ1) is 19.4. The van der Waals surface area contributed by atoms with Gasteiger partial charge in [0.05, 0.1) is 17.8 Å². The fraction of sp³-hybridized carbons (Fsp3) is 0.467. The van der Waals surface area contributed by atoms with Crippen LogP contribution in [0.5, 0.6) is 0 Å². The van der Waals surface area contributed by atoms with E-state index in [1.165, 1.54) is 31.4 Å². The molecule has 0 saturated heterocycles. The molecule has 0 fully saturated rings. The summed E-state index contributed by atoms with van der Waals surface area (Å²) in [6.45, 7) is 3.51. The van der Waals surface area contributed by atoms with Crippen LogP contribution in [0.3, 0.4) is 0 Å². The molecule has 1 amide bonds. The molecule has 1 atom stereocenters. The second-order valence-corrected chi connectivity index (χ2v) is 7.88. The maximum atomic E-state index is 12.1. The summed E-state index contributed by atoms with van der Waals surface area (Å²) >= 11 is 5.72. The number of halogens is 1. The molecule has 8 heteroatoms. The van der Waals surface area contributed by atoms with Crippen LogP contribution in [-0.4, -0.2) is 39.2 Å². The first-order valence-corrected chi connectivity index (χ1v) is 9.06. The minimum absolute atomic E-state index is 0.100. The van der Waals surface area contributed by atoms with E-state index in [0.717, 1.165) is 0 Å². The quantitative estimate of drug-likeness (QED) is 0.748. The molecule has 0 heterocycles. The zero-order valence-electron chi connectivity index (χ0n) is 13.2. The van der Waals surface area contributed by atoms with Crippen LogP contribution >= 0.6 is 11.6 Å². The Morgan fingerprint density at radius 2 is 1.78 bits per heavy atom. The number of hydrogen-bond donors (Lipinski definition) is 1. The summed E-state index contributed by atoms with van der Waals surface area (Å²) in [6.07, 6.45) is -0.245. The molecule has 0 bridgehead atoms. The van der Waals surface area contributed by atoms with Crippen LogP contribution in [0.15, 0.2) is 29.2 Å². The maximum absolute atomic E-state index is 12.1. The van der Waals surface area contributed by atoms with Gasteiger partial charge < -0.3 is 10.1 Å². The fourth-order valence-electron chi connectivity index (χ4n) is 1.86. The van der Waals surface area contributed by atoms with Gasteiger partial charge in [-0.25, -0.2) is 13.2 Å². The Morgan fingerprint density at radius 1 is 1.22 bits per heavy atom. The molecule has 1 N–H and O–H groups in total. The average molecular weight is 362 g/mol. The highest BCUT2D eigenvalue weighted by molar-refractivity contribution is 7.91. The van der Waals surface area contributed by atoms with Gasteiger partial charge in [0.15, 0.2) is 9.84 Å². The van der Waals surface area contributed by atoms with E-state index < -0.39 is 27.8 Å². The van der Waals surface area contributed by atoms with Gasteiger partial charge in [-0.15, -0.1) is 0 Å². The first-order chi connectivity index (χ1) is 10.7. The van der Waals surface area contributed by atoms with Crippen LogP contribution < -0.4 is 5.32 Å². The van der Waals surface area contributed by atoms with Crippen molar-refractivity contribution in [2.45, 2.75) is 31.2 Å². The predicted octanol–water partition coefficient (Wildman–Crippen LogP) is 1.82. The molecule has 0 saturated carbocycles. The highest BCUT2D eigenvalue weighted by atomic mass is 35.5. The zero-order chi connectivity index (χ0) is 17.6. The predicted molar refractivity (Wildman–Crippen MR) is 86.9 cm³/mol. The molecule has 0 aliphatic carbocycles. The summed E-state index contributed by atoms with van der Waals surface area (Å²) < 4.78 is 28.9. The summed E-state index contributed by atoms with van der Waals surface area (Å²) in [5, 5.41) is 2.93. The minimum Gasteiger partial charge on any atom is -0.467 e. The van der Waals surface area contributed by atoms with Crippen molar-refractivity contribution in [3.63, 3.8) is 0 Å². The summed E-state index contributed by atoms with van der Waals surface area (Å²) in [4.78, 5) is 23.6. The number of carbonyl (C=O) groups is 2. The number of benzene rings is 1. The summed E-state index contributed by atoms with van der Waals surface area (Å²) in [5.74, 6) is -1.60. The number of carbonyl (C=O) groups excluding carboxylic acids is 2. The lowest BCUT2D eigenvalue weighted by Crippen LogP contribution is -2.45. The molecule has 6 nitrogen and oxygen atoms in total. The Morgan fingerprint density at radius 3 is 2.26 bits per heavy atom. The summed E-state index contributed by atoms with van der Waals surface area (Å²) in [5.41, 5.74) is 0. The number of methoxy groups -OCH3 is 1. The molecule has 0 radical (unpaired) electrons. The van der Waals surface area contributed by atoms with Crippen LogP contribution in [-0.2, 0) is 24.2 Å². The topological polar surface area (TPSA) is 89.5 Å². The Kier molecular flexibility index (Phi) is 7.02. The molecule has 0 aliphatic rings. The molecule has 1 aromatic rings. The molecule has 1 aromatic carbocycles. The highest BCUT2D eigenvalue weighted by Gasteiger charge is 2.25. The van der Waals surface area contributed by atoms with Gasteiger partial charge in [0.2, 0.25) is 5.91 Å². The molecule has 0 aliphatic heterocycles. The molecule has 23 heavy (non-hydrogen) atoms. The maximum Gasteiger partial charge on any atom is 0.328 e. The molecule has 1 rings (SSSR count). The van der Waals surface area contributed by atoms with Crippen LogP contribution in [0.4, 0.5) is 0 Å². The summed E-state index contributed by atoms with van der Waals surface area (Å²) in [7, 11) is -2.36. The fourth-order valence-corrected chi connectivity index (χ4v) is 3.22. The van der Waals surface area contributed by atoms with Gasteiger partial charge in [0.25, 0.3) is 0 Å². The van der Waals surface area contributed by atoms with Crippen LogP contribution in [0.2, 0.25) is 5.02 Å². The number of amides is 1. The monoisotopic (exact) mass is 361 g/mol. The smallest absolute Gasteiger partial charge is 0.328 e. The van der Waals surface area contributed by atoms with Crippen LogP contribution in [0, 0.1) is 5.92 Å². The lowest BCUT2D eigenvalue weighted by Gasteiger charge is -2.19. The second-order valence-electron chi connectivity index (χ2n) is 5.34. The Hall–Kier alpha value is -1.60. The SMILES string of the molecule is COC(=O)C(NC(=O)CCS(=O)(=O)c1ccc(Cl)cc1)C(C)C. The van der Waals surface area contributed by atoms with E-state index in [1.807, 2.05) is 0 Å². The normalized spacial score (nSPS) is 12.7. The van der Waals surface area contributed by atoms with E-state index >= 15 is 0 Å². The van der Waals surface area contributed by atoms with Crippen molar-refractivity contribution in [3.05, 3.63) is 29.3 Å². The third-order valence-corrected chi connectivity index (χ3v) is 5.19. The van der Waals surface area contributed by atoms with E-state index in [-0.39, 0.29) is 23.0 Å². The van der Waals surface area contributed by atoms with Gasteiger partial charge in [-0.3, -0.25) is 4.79 Å². The van der Waals surface area contributed by atoms with Crippen molar-refractivity contribution in [2.24, 2.45) is 5.92 Å². The number of esters is 1.